The second-order valence-corrected chi connectivity index (χ2v) is 6.53. The number of nitrogens with zero attached hydrogens (tertiary/aromatic N) is 2. The number of likely N-dealkylation sites (tertiary alicyclic amines) is 1. The van der Waals surface area contributed by atoms with Crippen molar-refractivity contribution >= 4 is 0 Å². The van der Waals surface area contributed by atoms with Gasteiger partial charge in [-0.05, 0) is 63.2 Å². The van der Waals surface area contributed by atoms with Crippen LogP contribution in [0.4, 0.5) is 0 Å². The van der Waals surface area contributed by atoms with Gasteiger partial charge in [-0.15, -0.1) is 0 Å². The van der Waals surface area contributed by atoms with E-state index in [9.17, 15) is 0 Å². The molecule has 0 amide bonds. The Morgan fingerprint density at radius 1 is 1.20 bits per heavy atom. The summed E-state index contributed by atoms with van der Waals surface area (Å²) in [5.74, 6) is 1.65. The van der Waals surface area contributed by atoms with Gasteiger partial charge >= 0.3 is 0 Å². The van der Waals surface area contributed by atoms with E-state index in [2.05, 4.69) is 42.8 Å². The van der Waals surface area contributed by atoms with Crippen molar-refractivity contribution < 1.29 is 0 Å². The van der Waals surface area contributed by atoms with Gasteiger partial charge in [-0.25, -0.2) is 0 Å². The number of nitrogens with two attached hydrogens (primary N) is 1. The van der Waals surface area contributed by atoms with Crippen LogP contribution in [0.25, 0.3) is 0 Å². The quantitative estimate of drug-likeness (QED) is 0.917. The van der Waals surface area contributed by atoms with Gasteiger partial charge in [0, 0.05) is 12.2 Å². The summed E-state index contributed by atoms with van der Waals surface area (Å²) in [5, 5.41) is 0. The summed E-state index contributed by atoms with van der Waals surface area (Å²) in [5.41, 5.74) is 7.38. The Morgan fingerprint density at radius 2 is 2.00 bits per heavy atom. The van der Waals surface area contributed by atoms with Crippen LogP contribution in [-0.4, -0.2) is 29.0 Å². The van der Waals surface area contributed by atoms with Crippen molar-refractivity contribution in [3.63, 3.8) is 0 Å². The van der Waals surface area contributed by atoms with E-state index >= 15 is 0 Å². The van der Waals surface area contributed by atoms with Crippen molar-refractivity contribution in [1.82, 2.24) is 9.88 Å². The van der Waals surface area contributed by atoms with Gasteiger partial charge in [0.1, 0.15) is 0 Å². The molecule has 3 atom stereocenters. The minimum atomic E-state index is 0.112. The highest BCUT2D eigenvalue weighted by molar-refractivity contribution is 5.11. The summed E-state index contributed by atoms with van der Waals surface area (Å²) in [6, 6.07) is 6.51. The molecule has 0 aromatic carbocycles. The maximum Gasteiger partial charge on any atom is 0.0670 e. The highest BCUT2D eigenvalue weighted by Gasteiger charge is 2.28. The predicted octanol–water partition coefficient (Wildman–Crippen LogP) is 3.23. The molecule has 112 valence electrons. The molecule has 0 saturated carbocycles. The third-order valence-electron chi connectivity index (χ3n) is 4.63. The normalized spacial score (nSPS) is 24.4. The van der Waals surface area contributed by atoms with Gasteiger partial charge in [0.15, 0.2) is 0 Å². The molecule has 0 spiro atoms. The molecule has 1 aliphatic rings. The monoisotopic (exact) mass is 275 g/mol. The first-order valence-corrected chi connectivity index (χ1v) is 8.00. The molecule has 3 nitrogen and oxygen atoms in total. The summed E-state index contributed by atoms with van der Waals surface area (Å²) in [4.78, 5) is 7.09. The topological polar surface area (TPSA) is 42.2 Å². The molecule has 2 N–H and O–H groups in total. The summed E-state index contributed by atoms with van der Waals surface area (Å²) >= 11 is 0. The van der Waals surface area contributed by atoms with Gasteiger partial charge in [0.25, 0.3) is 0 Å². The van der Waals surface area contributed by atoms with E-state index in [4.69, 9.17) is 5.73 Å². The zero-order valence-corrected chi connectivity index (χ0v) is 13.1. The van der Waals surface area contributed by atoms with Crippen molar-refractivity contribution in [3.8, 4) is 0 Å². The van der Waals surface area contributed by atoms with Crippen LogP contribution in [0.2, 0.25) is 0 Å². The first kappa shape index (κ1) is 15.5. The number of rotatable bonds is 4. The molecule has 1 aliphatic heterocycles. The molecule has 3 unspecified atom stereocenters. The molecule has 1 fully saturated rings. The Hall–Kier alpha value is -0.930. The standard InChI is InChI=1S/C17H29N3/c1-13(2)15-7-6-11-20(12-9-15)17(14(3)18)16-8-4-5-10-19-16/h4-5,8,10,13-15,17H,6-7,9,11-12,18H2,1-3H3. The minimum absolute atomic E-state index is 0.112. The molecular formula is C17H29N3. The molecule has 2 rings (SSSR count). The first-order valence-electron chi connectivity index (χ1n) is 8.00. The second kappa shape index (κ2) is 7.19. The van der Waals surface area contributed by atoms with E-state index in [1.165, 1.54) is 19.3 Å². The molecule has 20 heavy (non-hydrogen) atoms. The fraction of sp³-hybridized carbons (Fsp3) is 0.706. The molecule has 1 saturated heterocycles. The highest BCUT2D eigenvalue weighted by Crippen LogP contribution is 2.29. The Balaban J connectivity index is 2.11. The minimum Gasteiger partial charge on any atom is -0.326 e. The lowest BCUT2D eigenvalue weighted by Gasteiger charge is -2.33. The van der Waals surface area contributed by atoms with Crippen molar-refractivity contribution in [2.24, 2.45) is 17.6 Å². The smallest absolute Gasteiger partial charge is 0.0670 e. The van der Waals surface area contributed by atoms with Crippen LogP contribution in [0.3, 0.4) is 0 Å². The number of hydrogen-bond donors (Lipinski definition) is 1. The Kier molecular flexibility index (Phi) is 5.55. The average molecular weight is 275 g/mol. The summed E-state index contributed by atoms with van der Waals surface area (Å²) < 4.78 is 0. The Labute approximate surface area is 123 Å². The van der Waals surface area contributed by atoms with Crippen LogP contribution in [0.15, 0.2) is 24.4 Å². The summed E-state index contributed by atoms with van der Waals surface area (Å²) in [6.45, 7) is 9.09. The van der Waals surface area contributed by atoms with E-state index in [0.717, 1.165) is 30.6 Å². The van der Waals surface area contributed by atoms with Gasteiger partial charge in [-0.1, -0.05) is 19.9 Å². The number of hydrogen-bond acceptors (Lipinski definition) is 3. The van der Waals surface area contributed by atoms with Crippen LogP contribution in [0.1, 0.15) is 51.8 Å². The highest BCUT2D eigenvalue weighted by atomic mass is 15.2. The van der Waals surface area contributed by atoms with Crippen molar-refractivity contribution in [2.45, 2.75) is 52.1 Å². The number of pyridine rings is 1. The SMILES string of the molecule is CC(C)C1CCCN(C(c2ccccn2)C(C)N)CC1. The lowest BCUT2D eigenvalue weighted by Crippen LogP contribution is -2.40. The van der Waals surface area contributed by atoms with Gasteiger partial charge < -0.3 is 5.73 Å². The maximum atomic E-state index is 6.26. The van der Waals surface area contributed by atoms with Crippen LogP contribution in [0.5, 0.6) is 0 Å². The number of aromatic nitrogens is 1. The maximum absolute atomic E-state index is 6.26. The molecular weight excluding hydrogens is 246 g/mol. The van der Waals surface area contributed by atoms with E-state index in [1.54, 1.807) is 0 Å². The fourth-order valence-electron chi connectivity index (χ4n) is 3.43. The molecule has 3 heteroatoms. The van der Waals surface area contributed by atoms with Crippen LogP contribution in [-0.2, 0) is 0 Å². The predicted molar refractivity (Wildman–Crippen MR) is 84.4 cm³/mol. The fourth-order valence-corrected chi connectivity index (χ4v) is 3.43. The zero-order valence-electron chi connectivity index (χ0n) is 13.1. The van der Waals surface area contributed by atoms with Crippen molar-refractivity contribution in [3.05, 3.63) is 30.1 Å². The molecule has 0 aliphatic carbocycles. The lowest BCUT2D eigenvalue weighted by molar-refractivity contribution is 0.175. The first-order chi connectivity index (χ1) is 9.59. The van der Waals surface area contributed by atoms with Crippen LogP contribution < -0.4 is 5.73 Å². The lowest BCUT2D eigenvalue weighted by atomic mass is 9.89. The third kappa shape index (κ3) is 3.80. The van der Waals surface area contributed by atoms with Gasteiger partial charge in [-0.3, -0.25) is 9.88 Å². The van der Waals surface area contributed by atoms with Crippen molar-refractivity contribution in [2.75, 3.05) is 13.1 Å². The van der Waals surface area contributed by atoms with Crippen LogP contribution in [0, 0.1) is 11.8 Å². The molecule has 0 radical (unpaired) electrons. The third-order valence-corrected chi connectivity index (χ3v) is 4.63. The Morgan fingerprint density at radius 3 is 2.60 bits per heavy atom. The average Bonchev–Trinajstić information content (AvgIpc) is 2.66. The zero-order chi connectivity index (χ0) is 14.5. The summed E-state index contributed by atoms with van der Waals surface area (Å²) in [7, 11) is 0. The Bertz CT molecular complexity index is 388. The molecule has 1 aromatic heterocycles. The summed E-state index contributed by atoms with van der Waals surface area (Å²) in [6.07, 6.45) is 5.79. The second-order valence-electron chi connectivity index (χ2n) is 6.53. The van der Waals surface area contributed by atoms with Crippen molar-refractivity contribution in [1.29, 1.82) is 0 Å². The van der Waals surface area contributed by atoms with Gasteiger partial charge in [-0.2, -0.15) is 0 Å². The van der Waals surface area contributed by atoms with E-state index < -0.39 is 0 Å². The largest absolute Gasteiger partial charge is 0.326 e. The van der Waals surface area contributed by atoms with Crippen LogP contribution >= 0.6 is 0 Å². The molecule has 1 aromatic rings. The molecule has 2 heterocycles. The van der Waals surface area contributed by atoms with Gasteiger partial charge in [0.2, 0.25) is 0 Å². The van der Waals surface area contributed by atoms with Gasteiger partial charge in [0.05, 0.1) is 11.7 Å². The molecule has 0 bridgehead atoms. The van der Waals surface area contributed by atoms with E-state index in [0.29, 0.717) is 0 Å². The van der Waals surface area contributed by atoms with E-state index in [-0.39, 0.29) is 12.1 Å². The van der Waals surface area contributed by atoms with E-state index in [1.807, 2.05) is 12.3 Å².